The SMILES string of the molecule is Cn1cc(/C=C2\SC(=O)N(CC(=O)Nc3ccc4c(c3)OCO4)C2=O)c2ccccc21. The van der Waals surface area contributed by atoms with Crippen molar-refractivity contribution in [3.63, 3.8) is 0 Å². The molecule has 0 unspecified atom stereocenters. The highest BCUT2D eigenvalue weighted by Gasteiger charge is 2.36. The van der Waals surface area contributed by atoms with Gasteiger partial charge in [-0.25, -0.2) is 0 Å². The molecule has 0 radical (unpaired) electrons. The first-order valence-electron chi connectivity index (χ1n) is 9.48. The summed E-state index contributed by atoms with van der Waals surface area (Å²) in [6, 6.07) is 12.8. The van der Waals surface area contributed by atoms with E-state index in [2.05, 4.69) is 5.32 Å². The zero-order chi connectivity index (χ0) is 21.5. The monoisotopic (exact) mass is 435 g/mol. The van der Waals surface area contributed by atoms with Crippen LogP contribution in [0.25, 0.3) is 17.0 Å². The van der Waals surface area contributed by atoms with E-state index in [4.69, 9.17) is 9.47 Å². The molecule has 3 heterocycles. The van der Waals surface area contributed by atoms with Crippen molar-refractivity contribution in [1.82, 2.24) is 9.47 Å². The maximum Gasteiger partial charge on any atom is 0.294 e. The molecule has 2 aromatic carbocycles. The number of rotatable bonds is 4. The lowest BCUT2D eigenvalue weighted by atomic mass is 10.1. The third-order valence-corrected chi connectivity index (χ3v) is 5.95. The maximum atomic E-state index is 12.8. The molecule has 0 bridgehead atoms. The summed E-state index contributed by atoms with van der Waals surface area (Å²) in [6.07, 6.45) is 3.61. The largest absolute Gasteiger partial charge is 0.454 e. The summed E-state index contributed by atoms with van der Waals surface area (Å²) in [5.41, 5.74) is 2.36. The minimum atomic E-state index is -0.483. The Labute approximate surface area is 181 Å². The number of para-hydroxylation sites is 1. The number of nitrogens with zero attached hydrogens (tertiary/aromatic N) is 2. The van der Waals surface area contributed by atoms with Crippen molar-refractivity contribution in [2.45, 2.75) is 0 Å². The molecular formula is C22H17N3O5S. The molecule has 0 atom stereocenters. The molecule has 1 fully saturated rings. The Bertz CT molecular complexity index is 1280. The third-order valence-electron chi connectivity index (χ3n) is 5.05. The van der Waals surface area contributed by atoms with E-state index in [0.29, 0.717) is 17.2 Å². The number of imide groups is 1. The summed E-state index contributed by atoms with van der Waals surface area (Å²) >= 11 is 0.832. The predicted octanol–water partition coefficient (Wildman–Crippen LogP) is 3.58. The van der Waals surface area contributed by atoms with Gasteiger partial charge in [-0.05, 0) is 36.0 Å². The number of ether oxygens (including phenoxy) is 2. The Kier molecular flexibility index (Phi) is 4.67. The smallest absolute Gasteiger partial charge is 0.294 e. The van der Waals surface area contributed by atoms with Gasteiger partial charge in [0.05, 0.1) is 4.91 Å². The molecule has 2 aliphatic rings. The standard InChI is InChI=1S/C22H17N3O5S/c1-24-10-13(15-4-2-3-5-16(15)24)8-19-21(27)25(22(28)31-19)11-20(26)23-14-6-7-17-18(9-14)30-12-29-17/h2-10H,11-12H2,1H3,(H,23,26)/b19-8-. The van der Waals surface area contributed by atoms with Crippen LogP contribution in [0.15, 0.2) is 53.6 Å². The Morgan fingerprint density at radius 3 is 2.84 bits per heavy atom. The Morgan fingerprint density at radius 1 is 1.16 bits per heavy atom. The van der Waals surface area contributed by atoms with Gasteiger partial charge in [0.2, 0.25) is 12.7 Å². The summed E-state index contributed by atoms with van der Waals surface area (Å²) in [6.45, 7) is -0.238. The van der Waals surface area contributed by atoms with Crippen LogP contribution in [0.5, 0.6) is 11.5 Å². The van der Waals surface area contributed by atoms with Crippen molar-refractivity contribution in [1.29, 1.82) is 0 Å². The predicted molar refractivity (Wildman–Crippen MR) is 117 cm³/mol. The van der Waals surface area contributed by atoms with Gasteiger partial charge in [0.15, 0.2) is 11.5 Å². The lowest BCUT2D eigenvalue weighted by Gasteiger charge is -2.12. The van der Waals surface area contributed by atoms with Crippen molar-refractivity contribution in [2.24, 2.45) is 7.05 Å². The fourth-order valence-corrected chi connectivity index (χ4v) is 4.41. The molecule has 1 N–H and O–H groups in total. The zero-order valence-electron chi connectivity index (χ0n) is 16.5. The number of benzene rings is 2. The van der Waals surface area contributed by atoms with Gasteiger partial charge in [0.1, 0.15) is 6.54 Å². The second kappa shape index (κ2) is 7.51. The molecule has 8 nitrogen and oxygen atoms in total. The molecule has 2 aliphatic heterocycles. The van der Waals surface area contributed by atoms with E-state index in [9.17, 15) is 14.4 Å². The van der Waals surface area contributed by atoms with Gasteiger partial charge in [-0.2, -0.15) is 0 Å². The van der Waals surface area contributed by atoms with Crippen LogP contribution >= 0.6 is 11.8 Å². The second-order valence-corrected chi connectivity index (χ2v) is 8.09. The topological polar surface area (TPSA) is 89.9 Å². The quantitative estimate of drug-likeness (QED) is 0.630. The first-order chi connectivity index (χ1) is 15.0. The highest BCUT2D eigenvalue weighted by atomic mass is 32.2. The van der Waals surface area contributed by atoms with Crippen molar-refractivity contribution < 1.29 is 23.9 Å². The average molecular weight is 435 g/mol. The number of anilines is 1. The summed E-state index contributed by atoms with van der Waals surface area (Å²) < 4.78 is 12.5. The number of fused-ring (bicyclic) bond motifs is 2. The first kappa shape index (κ1) is 19.3. The van der Waals surface area contributed by atoms with Gasteiger partial charge in [-0.15, -0.1) is 0 Å². The summed E-state index contributed by atoms with van der Waals surface area (Å²) in [7, 11) is 1.92. The summed E-state index contributed by atoms with van der Waals surface area (Å²) in [5.74, 6) is 0.167. The van der Waals surface area contributed by atoms with E-state index in [1.165, 1.54) is 0 Å². The second-order valence-electron chi connectivity index (χ2n) is 7.10. The third kappa shape index (κ3) is 3.53. The minimum Gasteiger partial charge on any atom is -0.454 e. The van der Waals surface area contributed by atoms with Crippen LogP contribution in [-0.2, 0) is 16.6 Å². The molecule has 1 aromatic heterocycles. The van der Waals surface area contributed by atoms with Crippen LogP contribution in [-0.4, -0.2) is 39.9 Å². The van der Waals surface area contributed by atoms with Crippen LogP contribution in [0.3, 0.4) is 0 Å². The fraction of sp³-hybridized carbons (Fsp3) is 0.136. The molecule has 5 rings (SSSR count). The molecule has 9 heteroatoms. The molecule has 0 aliphatic carbocycles. The molecule has 0 spiro atoms. The molecule has 3 aromatic rings. The molecule has 31 heavy (non-hydrogen) atoms. The summed E-state index contributed by atoms with van der Waals surface area (Å²) in [5, 5.41) is 3.19. The minimum absolute atomic E-state index is 0.131. The Balaban J connectivity index is 1.32. The zero-order valence-corrected chi connectivity index (χ0v) is 17.3. The number of carbonyl (C=O) groups excluding carboxylic acids is 3. The lowest BCUT2D eigenvalue weighted by Crippen LogP contribution is -2.36. The van der Waals surface area contributed by atoms with E-state index >= 15 is 0 Å². The highest BCUT2D eigenvalue weighted by molar-refractivity contribution is 8.18. The number of hydrogen-bond acceptors (Lipinski definition) is 6. The fourth-order valence-electron chi connectivity index (χ4n) is 3.58. The molecule has 156 valence electrons. The van der Waals surface area contributed by atoms with Crippen molar-refractivity contribution in [2.75, 3.05) is 18.7 Å². The number of nitrogens with one attached hydrogen (secondary N) is 1. The van der Waals surface area contributed by atoms with Crippen LogP contribution in [0, 0.1) is 0 Å². The first-order valence-corrected chi connectivity index (χ1v) is 10.3. The molecular weight excluding hydrogens is 418 g/mol. The Hall–Kier alpha value is -3.72. The van der Waals surface area contributed by atoms with Crippen LogP contribution in [0.4, 0.5) is 10.5 Å². The van der Waals surface area contributed by atoms with Gasteiger partial charge in [-0.3, -0.25) is 19.3 Å². The van der Waals surface area contributed by atoms with Gasteiger partial charge < -0.3 is 19.4 Å². The van der Waals surface area contributed by atoms with E-state index in [1.54, 1.807) is 24.3 Å². The lowest BCUT2D eigenvalue weighted by molar-refractivity contribution is -0.127. The van der Waals surface area contributed by atoms with Crippen molar-refractivity contribution in [3.05, 3.63) is 59.1 Å². The molecule has 3 amide bonds. The van der Waals surface area contributed by atoms with E-state index in [0.717, 1.165) is 33.1 Å². The maximum absolute atomic E-state index is 12.8. The number of hydrogen-bond donors (Lipinski definition) is 1. The summed E-state index contributed by atoms with van der Waals surface area (Å²) in [4.78, 5) is 38.9. The van der Waals surface area contributed by atoms with Gasteiger partial charge in [0.25, 0.3) is 11.1 Å². The van der Waals surface area contributed by atoms with E-state index in [-0.39, 0.29) is 18.2 Å². The Morgan fingerprint density at radius 2 is 1.97 bits per heavy atom. The van der Waals surface area contributed by atoms with E-state index in [1.807, 2.05) is 42.1 Å². The normalized spacial score (nSPS) is 16.5. The number of amides is 3. The number of aromatic nitrogens is 1. The average Bonchev–Trinajstić information content (AvgIpc) is 3.42. The number of thioether (sulfide) groups is 1. The van der Waals surface area contributed by atoms with Crippen LogP contribution in [0.1, 0.15) is 5.56 Å². The van der Waals surface area contributed by atoms with Gasteiger partial charge >= 0.3 is 0 Å². The van der Waals surface area contributed by atoms with Crippen molar-refractivity contribution in [3.8, 4) is 11.5 Å². The van der Waals surface area contributed by atoms with E-state index < -0.39 is 17.1 Å². The number of carbonyl (C=O) groups is 3. The van der Waals surface area contributed by atoms with Gasteiger partial charge in [-0.1, -0.05) is 18.2 Å². The highest BCUT2D eigenvalue weighted by Crippen LogP contribution is 2.35. The van der Waals surface area contributed by atoms with Crippen LogP contribution < -0.4 is 14.8 Å². The molecule has 0 saturated carbocycles. The molecule has 1 saturated heterocycles. The van der Waals surface area contributed by atoms with Gasteiger partial charge in [0, 0.05) is 41.5 Å². The van der Waals surface area contributed by atoms with Crippen molar-refractivity contribution >= 4 is 51.5 Å². The van der Waals surface area contributed by atoms with Crippen LogP contribution in [0.2, 0.25) is 0 Å². The number of aryl methyl sites for hydroxylation is 1.